The van der Waals surface area contributed by atoms with Crippen LogP contribution in [-0.2, 0) is 0 Å². The third-order valence-corrected chi connectivity index (χ3v) is 3.17. The summed E-state index contributed by atoms with van der Waals surface area (Å²) in [6.45, 7) is 0. The van der Waals surface area contributed by atoms with Crippen LogP contribution in [0.5, 0.6) is 11.5 Å². The molecule has 22 heavy (non-hydrogen) atoms. The molecule has 3 aromatic carbocycles. The largest absolute Gasteiger partial charge is 0.462 e. The molecule has 0 aliphatic rings. The second-order valence-corrected chi connectivity index (χ2v) is 4.71. The van der Waals surface area contributed by atoms with Crippen molar-refractivity contribution in [2.75, 3.05) is 0 Å². The Bertz CT molecular complexity index is 717. The van der Waals surface area contributed by atoms with Crippen molar-refractivity contribution in [1.29, 1.82) is 0 Å². The van der Waals surface area contributed by atoms with Crippen molar-refractivity contribution in [3.8, 4) is 22.6 Å². The molecule has 0 atom stereocenters. The van der Waals surface area contributed by atoms with E-state index in [0.717, 1.165) is 17.1 Å². The average molecular weight is 288 g/mol. The molecular weight excluding hydrogens is 272 g/mol. The maximum absolute atomic E-state index is 5.51. The predicted octanol–water partition coefficient (Wildman–Crippen LogP) is 5.28. The molecule has 0 fully saturated rings. The Balaban J connectivity index is 1.57. The van der Waals surface area contributed by atoms with Gasteiger partial charge in [0, 0.05) is 0 Å². The summed E-state index contributed by atoms with van der Waals surface area (Å²) >= 11 is 0. The summed E-state index contributed by atoms with van der Waals surface area (Å²) in [5.41, 5.74) is 2.36. The molecule has 0 radical (unpaired) electrons. The fourth-order valence-electron chi connectivity index (χ4n) is 2.07. The fraction of sp³-hybridized carbons (Fsp3) is 0. The molecule has 0 saturated heterocycles. The molecule has 0 unspecified atom stereocenters. The van der Waals surface area contributed by atoms with Crippen LogP contribution in [0.4, 0.5) is 0 Å². The summed E-state index contributed by atoms with van der Waals surface area (Å²) in [6, 6.07) is 27.8. The number of hydrogen-bond acceptors (Lipinski definition) is 2. The van der Waals surface area contributed by atoms with E-state index in [1.807, 2.05) is 72.8 Å². The van der Waals surface area contributed by atoms with Crippen LogP contribution in [0.3, 0.4) is 0 Å². The van der Waals surface area contributed by atoms with Crippen LogP contribution in [-0.4, -0.2) is 0 Å². The fourth-order valence-corrected chi connectivity index (χ4v) is 2.07. The molecule has 0 N–H and O–H groups in total. The number of ether oxygens (including phenoxy) is 2. The minimum absolute atomic E-state index is 0.771. The van der Waals surface area contributed by atoms with E-state index in [1.54, 1.807) is 0 Å². The van der Waals surface area contributed by atoms with E-state index in [4.69, 9.17) is 9.47 Å². The van der Waals surface area contributed by atoms with Crippen molar-refractivity contribution in [2.24, 2.45) is 0 Å². The lowest BCUT2D eigenvalue weighted by atomic mass is 10.1. The summed E-state index contributed by atoms with van der Waals surface area (Å²) < 4.78 is 10.9. The van der Waals surface area contributed by atoms with Gasteiger partial charge in [-0.05, 0) is 35.4 Å². The van der Waals surface area contributed by atoms with E-state index < -0.39 is 0 Å². The van der Waals surface area contributed by atoms with Gasteiger partial charge in [0.25, 0.3) is 0 Å². The highest BCUT2D eigenvalue weighted by atomic mass is 16.5. The highest BCUT2D eigenvalue weighted by Gasteiger charge is 1.97. The maximum atomic E-state index is 5.51. The van der Waals surface area contributed by atoms with Gasteiger partial charge in [-0.1, -0.05) is 60.7 Å². The Morgan fingerprint density at radius 2 is 0.909 bits per heavy atom. The molecule has 108 valence electrons. The van der Waals surface area contributed by atoms with Crippen LogP contribution in [0.1, 0.15) is 0 Å². The van der Waals surface area contributed by atoms with E-state index in [1.165, 1.54) is 18.1 Å². The van der Waals surface area contributed by atoms with Crippen LogP contribution < -0.4 is 9.47 Å². The topological polar surface area (TPSA) is 18.5 Å². The third-order valence-electron chi connectivity index (χ3n) is 3.17. The number of rotatable bonds is 5. The van der Waals surface area contributed by atoms with Crippen LogP contribution >= 0.6 is 0 Å². The number of hydrogen-bond donors (Lipinski definition) is 0. The van der Waals surface area contributed by atoms with E-state index in [0.29, 0.717) is 0 Å². The van der Waals surface area contributed by atoms with Gasteiger partial charge in [-0.3, -0.25) is 0 Å². The first-order valence-electron chi connectivity index (χ1n) is 7.11. The molecule has 3 aromatic rings. The lowest BCUT2D eigenvalue weighted by molar-refractivity contribution is 0.422. The average Bonchev–Trinajstić information content (AvgIpc) is 2.61. The smallest absolute Gasteiger partial charge is 0.126 e. The zero-order valence-electron chi connectivity index (χ0n) is 12.1. The molecule has 3 rings (SSSR count). The Kier molecular flexibility index (Phi) is 4.53. The zero-order valence-corrected chi connectivity index (χ0v) is 12.1. The summed E-state index contributed by atoms with van der Waals surface area (Å²) in [5, 5.41) is 0. The van der Waals surface area contributed by atoms with E-state index >= 15 is 0 Å². The van der Waals surface area contributed by atoms with Gasteiger partial charge < -0.3 is 9.47 Å². The molecule has 2 nitrogen and oxygen atoms in total. The van der Waals surface area contributed by atoms with Gasteiger partial charge in [-0.2, -0.15) is 0 Å². The SMILES string of the molecule is C(=C\Oc1ccc(-c2ccccc2)cc1)/Oc1ccccc1. The quantitative estimate of drug-likeness (QED) is 0.594. The summed E-state index contributed by atoms with van der Waals surface area (Å²) in [6.07, 6.45) is 3.06. The second kappa shape index (κ2) is 7.14. The monoisotopic (exact) mass is 288 g/mol. The normalized spacial score (nSPS) is 10.5. The predicted molar refractivity (Wildman–Crippen MR) is 88.7 cm³/mol. The molecule has 0 heterocycles. The Labute approximate surface area is 130 Å². The third kappa shape index (κ3) is 3.76. The van der Waals surface area contributed by atoms with Gasteiger partial charge in [-0.15, -0.1) is 0 Å². The van der Waals surface area contributed by atoms with Gasteiger partial charge in [0.1, 0.15) is 24.0 Å². The van der Waals surface area contributed by atoms with Crippen molar-refractivity contribution >= 4 is 0 Å². The zero-order chi connectivity index (χ0) is 15.0. The Morgan fingerprint density at radius 1 is 0.455 bits per heavy atom. The van der Waals surface area contributed by atoms with Crippen LogP contribution in [0.2, 0.25) is 0 Å². The van der Waals surface area contributed by atoms with Crippen molar-refractivity contribution in [2.45, 2.75) is 0 Å². The lowest BCUT2D eigenvalue weighted by Gasteiger charge is -2.04. The van der Waals surface area contributed by atoms with Crippen LogP contribution in [0, 0.1) is 0 Å². The molecular formula is C20H16O2. The van der Waals surface area contributed by atoms with E-state index in [-0.39, 0.29) is 0 Å². The van der Waals surface area contributed by atoms with Gasteiger partial charge >= 0.3 is 0 Å². The van der Waals surface area contributed by atoms with Gasteiger partial charge in [-0.25, -0.2) is 0 Å². The van der Waals surface area contributed by atoms with Crippen LogP contribution in [0.25, 0.3) is 11.1 Å². The minimum atomic E-state index is 0.771. The Morgan fingerprint density at radius 3 is 1.50 bits per heavy atom. The molecule has 0 spiro atoms. The minimum Gasteiger partial charge on any atom is -0.462 e. The summed E-state index contributed by atoms with van der Waals surface area (Å²) in [7, 11) is 0. The number of para-hydroxylation sites is 1. The first kappa shape index (κ1) is 14.0. The van der Waals surface area contributed by atoms with Crippen molar-refractivity contribution in [1.82, 2.24) is 0 Å². The first-order chi connectivity index (χ1) is 10.9. The maximum Gasteiger partial charge on any atom is 0.126 e. The van der Waals surface area contributed by atoms with Crippen molar-refractivity contribution in [3.63, 3.8) is 0 Å². The molecule has 0 aliphatic carbocycles. The molecule has 2 heteroatoms. The molecule has 0 aromatic heterocycles. The summed E-state index contributed by atoms with van der Waals surface area (Å²) in [5.74, 6) is 1.55. The highest BCUT2D eigenvalue weighted by molar-refractivity contribution is 5.63. The number of benzene rings is 3. The standard InChI is InChI=1S/C20H16O2/c1-3-7-17(8-4-1)18-11-13-20(14-12-18)22-16-15-21-19-9-5-2-6-10-19/h1-16H/b16-15+. The molecule has 0 aliphatic heterocycles. The molecule has 0 saturated carbocycles. The second-order valence-electron chi connectivity index (χ2n) is 4.71. The van der Waals surface area contributed by atoms with Crippen LogP contribution in [0.15, 0.2) is 97.5 Å². The van der Waals surface area contributed by atoms with Crippen molar-refractivity contribution < 1.29 is 9.47 Å². The van der Waals surface area contributed by atoms with Gasteiger partial charge in [0.05, 0.1) is 0 Å². The molecule has 0 bridgehead atoms. The molecule has 0 amide bonds. The lowest BCUT2D eigenvalue weighted by Crippen LogP contribution is -1.86. The summed E-state index contributed by atoms with van der Waals surface area (Å²) in [4.78, 5) is 0. The highest BCUT2D eigenvalue weighted by Crippen LogP contribution is 2.22. The van der Waals surface area contributed by atoms with Gasteiger partial charge in [0.15, 0.2) is 0 Å². The first-order valence-corrected chi connectivity index (χ1v) is 7.11. The van der Waals surface area contributed by atoms with E-state index in [9.17, 15) is 0 Å². The van der Waals surface area contributed by atoms with Crippen molar-refractivity contribution in [3.05, 3.63) is 97.5 Å². The van der Waals surface area contributed by atoms with E-state index in [2.05, 4.69) is 12.1 Å². The Hall–Kier alpha value is -3.00. The van der Waals surface area contributed by atoms with Gasteiger partial charge in [0.2, 0.25) is 0 Å².